The van der Waals surface area contributed by atoms with Crippen molar-refractivity contribution in [1.29, 1.82) is 5.26 Å². The SMILES string of the molecule is C=CC(=O)N1CCN(c2nc(OCC3CCCN3C)nc3c2CC[C@@]2(C3)Cc3c(C)cccc3CS2)CC1CC#N. The minimum Gasteiger partial charge on any atom is -0.462 e. The highest BCUT2D eigenvalue weighted by Gasteiger charge is 2.42. The zero-order valence-corrected chi connectivity index (χ0v) is 25.1. The minimum atomic E-state index is -0.204. The third-order valence-corrected chi connectivity index (χ3v) is 11.1. The number of piperazine rings is 1. The van der Waals surface area contributed by atoms with Crippen LogP contribution in [0.1, 0.15) is 53.6 Å². The van der Waals surface area contributed by atoms with Crippen molar-refractivity contribution in [1.82, 2.24) is 19.8 Å². The van der Waals surface area contributed by atoms with Crippen molar-refractivity contribution in [3.05, 3.63) is 58.8 Å². The Morgan fingerprint density at radius 1 is 1.24 bits per heavy atom. The Balaban J connectivity index is 1.31. The molecule has 1 spiro atoms. The first kappa shape index (κ1) is 28.0. The minimum absolute atomic E-state index is 0.119. The number of hydrogen-bond donors (Lipinski definition) is 0. The van der Waals surface area contributed by atoms with Crippen LogP contribution in [0.3, 0.4) is 0 Å². The van der Waals surface area contributed by atoms with E-state index in [1.54, 1.807) is 4.90 Å². The Morgan fingerprint density at radius 3 is 2.90 bits per heavy atom. The quantitative estimate of drug-likeness (QED) is 0.479. The number of carbonyl (C=O) groups excluding carboxylic acids is 1. The second-order valence-corrected chi connectivity index (χ2v) is 13.5. The monoisotopic (exact) mass is 572 g/mol. The number of aryl methyl sites for hydroxylation is 1. The normalized spacial score (nSPS) is 25.9. The number of ether oxygens (including phenoxy) is 1. The number of fused-ring (bicyclic) bond motifs is 2. The molecule has 2 unspecified atom stereocenters. The van der Waals surface area contributed by atoms with Crippen molar-refractivity contribution in [3.8, 4) is 12.1 Å². The number of likely N-dealkylation sites (tertiary alicyclic amines) is 1. The summed E-state index contributed by atoms with van der Waals surface area (Å²) < 4.78 is 6.46. The van der Waals surface area contributed by atoms with Crippen LogP contribution in [0, 0.1) is 18.3 Å². The number of anilines is 1. The van der Waals surface area contributed by atoms with Crippen molar-refractivity contribution in [2.24, 2.45) is 0 Å². The summed E-state index contributed by atoms with van der Waals surface area (Å²) in [6, 6.07) is 9.60. The fourth-order valence-corrected chi connectivity index (χ4v) is 8.56. The van der Waals surface area contributed by atoms with E-state index in [1.807, 2.05) is 0 Å². The highest BCUT2D eigenvalue weighted by molar-refractivity contribution is 8.00. The van der Waals surface area contributed by atoms with Gasteiger partial charge in [-0.25, -0.2) is 0 Å². The van der Waals surface area contributed by atoms with Crippen LogP contribution in [0.4, 0.5) is 5.82 Å². The predicted molar refractivity (Wildman–Crippen MR) is 162 cm³/mol. The maximum atomic E-state index is 12.5. The van der Waals surface area contributed by atoms with E-state index in [1.165, 1.54) is 34.8 Å². The van der Waals surface area contributed by atoms with Crippen LogP contribution in [0.25, 0.3) is 0 Å². The lowest BCUT2D eigenvalue weighted by atomic mass is 9.80. The molecule has 1 aromatic heterocycles. The summed E-state index contributed by atoms with van der Waals surface area (Å²) in [5, 5.41) is 9.52. The number of nitrogens with zero attached hydrogens (tertiary/aromatic N) is 6. The van der Waals surface area contributed by atoms with E-state index in [0.717, 1.165) is 55.9 Å². The average molecular weight is 573 g/mol. The van der Waals surface area contributed by atoms with Gasteiger partial charge in [-0.1, -0.05) is 24.8 Å². The molecule has 4 aliphatic rings. The van der Waals surface area contributed by atoms with Crippen molar-refractivity contribution in [2.75, 3.05) is 44.7 Å². The Kier molecular flexibility index (Phi) is 7.97. The lowest BCUT2D eigenvalue weighted by Crippen LogP contribution is -2.55. The first-order valence-corrected chi connectivity index (χ1v) is 15.9. The number of hydrogen-bond acceptors (Lipinski definition) is 8. The molecular formula is C32H40N6O2S. The molecule has 2 fully saturated rings. The van der Waals surface area contributed by atoms with Crippen LogP contribution < -0.4 is 9.64 Å². The van der Waals surface area contributed by atoms with Crippen molar-refractivity contribution in [2.45, 2.75) is 74.5 Å². The van der Waals surface area contributed by atoms with Crippen LogP contribution >= 0.6 is 11.8 Å². The first-order chi connectivity index (χ1) is 19.9. The van der Waals surface area contributed by atoms with E-state index in [-0.39, 0.29) is 23.1 Å². The third-order valence-electron chi connectivity index (χ3n) is 9.55. The summed E-state index contributed by atoms with van der Waals surface area (Å²) in [5.41, 5.74) is 6.66. The van der Waals surface area contributed by atoms with Gasteiger partial charge < -0.3 is 19.4 Å². The summed E-state index contributed by atoms with van der Waals surface area (Å²) in [5.74, 6) is 1.84. The topological polar surface area (TPSA) is 85.6 Å². The van der Waals surface area contributed by atoms with Gasteiger partial charge >= 0.3 is 6.01 Å². The molecule has 1 aliphatic carbocycles. The maximum Gasteiger partial charge on any atom is 0.318 e. The molecule has 6 rings (SSSR count). The number of rotatable bonds is 6. The van der Waals surface area contributed by atoms with Gasteiger partial charge in [-0.3, -0.25) is 4.79 Å². The van der Waals surface area contributed by atoms with E-state index < -0.39 is 0 Å². The lowest BCUT2D eigenvalue weighted by Gasteiger charge is -2.44. The molecule has 2 saturated heterocycles. The zero-order valence-electron chi connectivity index (χ0n) is 24.3. The van der Waals surface area contributed by atoms with Crippen LogP contribution in [0.2, 0.25) is 0 Å². The molecule has 2 aromatic rings. The molecule has 8 nitrogen and oxygen atoms in total. The molecule has 1 amide bonds. The highest BCUT2D eigenvalue weighted by atomic mass is 32.2. The van der Waals surface area contributed by atoms with E-state index >= 15 is 0 Å². The molecule has 1 aromatic carbocycles. The number of benzene rings is 1. The van der Waals surface area contributed by atoms with Gasteiger partial charge in [-0.15, -0.1) is 11.8 Å². The third kappa shape index (κ3) is 5.56. The Hall–Kier alpha value is -3.09. The summed E-state index contributed by atoms with van der Waals surface area (Å²) >= 11 is 2.08. The van der Waals surface area contributed by atoms with E-state index in [0.29, 0.717) is 38.3 Å². The number of aromatic nitrogens is 2. The zero-order chi connectivity index (χ0) is 28.6. The van der Waals surface area contributed by atoms with Crippen molar-refractivity contribution < 1.29 is 9.53 Å². The van der Waals surface area contributed by atoms with E-state index in [4.69, 9.17) is 14.7 Å². The number of thioether (sulfide) groups is 1. The molecule has 4 heterocycles. The van der Waals surface area contributed by atoms with Gasteiger partial charge in [0.2, 0.25) is 5.91 Å². The molecule has 0 radical (unpaired) electrons. The Morgan fingerprint density at radius 2 is 2.12 bits per heavy atom. The summed E-state index contributed by atoms with van der Waals surface area (Å²) in [6.07, 6.45) is 7.90. The number of amides is 1. The van der Waals surface area contributed by atoms with Gasteiger partial charge in [0, 0.05) is 48.2 Å². The Labute approximate surface area is 247 Å². The van der Waals surface area contributed by atoms with Gasteiger partial charge in [-0.05, 0) is 75.4 Å². The predicted octanol–water partition coefficient (Wildman–Crippen LogP) is 4.09. The van der Waals surface area contributed by atoms with Gasteiger partial charge in [0.25, 0.3) is 0 Å². The summed E-state index contributed by atoms with van der Waals surface area (Å²) in [4.78, 5) is 29.0. The first-order valence-electron chi connectivity index (χ1n) is 14.9. The number of likely N-dealkylation sites (N-methyl/N-ethyl adjacent to an activating group) is 1. The Bertz CT molecular complexity index is 1370. The largest absolute Gasteiger partial charge is 0.462 e. The fourth-order valence-electron chi connectivity index (χ4n) is 7.09. The number of carbonyl (C=O) groups is 1. The van der Waals surface area contributed by atoms with E-state index in [9.17, 15) is 10.1 Å². The van der Waals surface area contributed by atoms with Crippen LogP contribution in [-0.2, 0) is 29.8 Å². The molecular weight excluding hydrogens is 532 g/mol. The standard InChI is InChI=1S/C32H40N6O2S/c1-4-29(39)38-16-15-37(19-24(38)11-13-33)30-26-10-12-32(17-27-22(2)7-5-8-23(27)21-41-32)18-28(26)34-31(35-30)40-20-25-9-6-14-36(25)3/h4-5,7-8,24-25H,1,6,9-12,14-21H2,2-3H3/t24?,25?,32-/m0/s1. The molecule has 9 heteroatoms. The van der Waals surface area contributed by atoms with E-state index in [2.05, 4.69) is 66.4 Å². The summed E-state index contributed by atoms with van der Waals surface area (Å²) in [7, 11) is 2.16. The van der Waals surface area contributed by atoms with Crippen LogP contribution in [0.5, 0.6) is 6.01 Å². The fraction of sp³-hybridized carbons (Fsp3) is 0.562. The highest BCUT2D eigenvalue weighted by Crippen LogP contribution is 2.48. The second-order valence-electron chi connectivity index (χ2n) is 12.1. The van der Waals surface area contributed by atoms with Crippen molar-refractivity contribution in [3.63, 3.8) is 0 Å². The molecule has 0 bridgehead atoms. The molecule has 0 N–H and O–H groups in total. The van der Waals surface area contributed by atoms with Gasteiger partial charge in [0.1, 0.15) is 12.4 Å². The van der Waals surface area contributed by atoms with Crippen molar-refractivity contribution >= 4 is 23.5 Å². The molecule has 3 aliphatic heterocycles. The van der Waals surface area contributed by atoms with Crippen LogP contribution in [-0.4, -0.2) is 82.3 Å². The van der Waals surface area contributed by atoms with Crippen LogP contribution in [0.15, 0.2) is 30.9 Å². The number of nitriles is 1. The molecule has 3 atom stereocenters. The summed E-state index contributed by atoms with van der Waals surface area (Å²) in [6.45, 7) is 9.34. The molecule has 216 valence electrons. The molecule has 0 saturated carbocycles. The molecule has 41 heavy (non-hydrogen) atoms. The smallest absolute Gasteiger partial charge is 0.318 e. The van der Waals surface area contributed by atoms with Gasteiger partial charge in [0.05, 0.1) is 24.2 Å². The average Bonchev–Trinajstić information content (AvgIpc) is 3.40. The lowest BCUT2D eigenvalue weighted by molar-refractivity contribution is -0.128. The van der Waals surface area contributed by atoms with Gasteiger partial charge in [-0.2, -0.15) is 15.2 Å². The second kappa shape index (κ2) is 11.7. The maximum absolute atomic E-state index is 12.5. The van der Waals surface area contributed by atoms with Gasteiger partial charge in [0.15, 0.2) is 0 Å².